The summed E-state index contributed by atoms with van der Waals surface area (Å²) in [5.74, 6) is 0. The first-order valence-electron chi connectivity index (χ1n) is 6.24. The predicted molar refractivity (Wildman–Crippen MR) is 88.4 cm³/mol. The van der Waals surface area contributed by atoms with Crippen molar-refractivity contribution in [3.05, 3.63) is 55.3 Å². The van der Waals surface area contributed by atoms with Crippen molar-refractivity contribution in [2.75, 3.05) is 6.54 Å². The zero-order chi connectivity index (χ0) is 13.0. The molecule has 0 fully saturated rings. The van der Waals surface area contributed by atoms with Crippen molar-refractivity contribution < 1.29 is 0 Å². The second-order valence-electron chi connectivity index (χ2n) is 4.43. The lowest BCUT2D eigenvalue weighted by Gasteiger charge is -2.18. The zero-order valence-corrected chi connectivity index (χ0v) is 13.7. The highest BCUT2D eigenvalue weighted by molar-refractivity contribution is 14.1. The molecule has 0 saturated heterocycles. The molecule has 0 aliphatic rings. The van der Waals surface area contributed by atoms with Crippen LogP contribution in [-0.4, -0.2) is 6.54 Å². The standard InChI is InChI=1S/C15H18INS/c1-3-8-17-15(13-9-11(2)18-10-13)12-4-6-14(16)7-5-12/h4-7,9-10,15,17H,3,8H2,1-2H3. The Labute approximate surface area is 127 Å². The van der Waals surface area contributed by atoms with E-state index in [9.17, 15) is 0 Å². The lowest BCUT2D eigenvalue weighted by atomic mass is 10.0. The van der Waals surface area contributed by atoms with E-state index in [0.717, 1.165) is 13.0 Å². The molecule has 0 aliphatic carbocycles. The van der Waals surface area contributed by atoms with E-state index in [-0.39, 0.29) is 0 Å². The van der Waals surface area contributed by atoms with Gasteiger partial charge in [-0.1, -0.05) is 19.1 Å². The lowest BCUT2D eigenvalue weighted by Crippen LogP contribution is -2.22. The SMILES string of the molecule is CCCNC(c1ccc(I)cc1)c1csc(C)c1. The largest absolute Gasteiger partial charge is 0.306 e. The van der Waals surface area contributed by atoms with Gasteiger partial charge in [0.2, 0.25) is 0 Å². The number of hydrogen-bond acceptors (Lipinski definition) is 2. The van der Waals surface area contributed by atoms with Gasteiger partial charge in [-0.25, -0.2) is 0 Å². The first-order valence-corrected chi connectivity index (χ1v) is 8.20. The normalized spacial score (nSPS) is 12.6. The highest BCUT2D eigenvalue weighted by Crippen LogP contribution is 2.26. The molecule has 1 aromatic heterocycles. The highest BCUT2D eigenvalue weighted by atomic mass is 127. The van der Waals surface area contributed by atoms with E-state index in [4.69, 9.17) is 0 Å². The molecule has 1 N–H and O–H groups in total. The number of halogens is 1. The topological polar surface area (TPSA) is 12.0 Å². The summed E-state index contributed by atoms with van der Waals surface area (Å²) in [6.07, 6.45) is 1.16. The second kappa shape index (κ2) is 6.68. The Balaban J connectivity index is 2.27. The molecule has 96 valence electrons. The van der Waals surface area contributed by atoms with Gasteiger partial charge in [0.25, 0.3) is 0 Å². The van der Waals surface area contributed by atoms with Crippen LogP contribution in [0.5, 0.6) is 0 Å². The van der Waals surface area contributed by atoms with Gasteiger partial charge >= 0.3 is 0 Å². The van der Waals surface area contributed by atoms with Crippen LogP contribution in [0.2, 0.25) is 0 Å². The van der Waals surface area contributed by atoms with Crippen LogP contribution in [0, 0.1) is 10.5 Å². The third kappa shape index (κ3) is 3.56. The number of nitrogens with one attached hydrogen (secondary N) is 1. The Kier molecular flexibility index (Phi) is 5.21. The van der Waals surface area contributed by atoms with Crippen molar-refractivity contribution in [1.29, 1.82) is 0 Å². The van der Waals surface area contributed by atoms with E-state index < -0.39 is 0 Å². The van der Waals surface area contributed by atoms with Crippen LogP contribution in [-0.2, 0) is 0 Å². The fourth-order valence-corrected chi connectivity index (χ4v) is 3.08. The molecule has 0 amide bonds. The first kappa shape index (κ1) is 14.0. The Morgan fingerprint density at radius 2 is 1.94 bits per heavy atom. The molecule has 0 aliphatic heterocycles. The Morgan fingerprint density at radius 1 is 1.22 bits per heavy atom. The summed E-state index contributed by atoms with van der Waals surface area (Å²) in [5.41, 5.74) is 2.73. The molecular formula is C15H18INS. The molecule has 1 nitrogen and oxygen atoms in total. The van der Waals surface area contributed by atoms with Gasteiger partial charge in [0.15, 0.2) is 0 Å². The summed E-state index contributed by atoms with van der Waals surface area (Å²) in [6.45, 7) is 5.42. The van der Waals surface area contributed by atoms with Crippen LogP contribution in [0.1, 0.15) is 35.4 Å². The molecule has 1 unspecified atom stereocenters. The number of benzene rings is 1. The van der Waals surface area contributed by atoms with E-state index >= 15 is 0 Å². The minimum atomic E-state index is 0.326. The Morgan fingerprint density at radius 3 is 2.50 bits per heavy atom. The molecule has 0 spiro atoms. The quantitative estimate of drug-likeness (QED) is 0.748. The van der Waals surface area contributed by atoms with Gasteiger partial charge in [0, 0.05) is 8.45 Å². The van der Waals surface area contributed by atoms with Gasteiger partial charge in [-0.15, -0.1) is 11.3 Å². The van der Waals surface area contributed by atoms with E-state index in [1.165, 1.54) is 19.6 Å². The van der Waals surface area contributed by atoms with E-state index in [0.29, 0.717) is 6.04 Å². The summed E-state index contributed by atoms with van der Waals surface area (Å²) in [5, 5.41) is 5.90. The van der Waals surface area contributed by atoms with Crippen molar-refractivity contribution in [3.8, 4) is 0 Å². The lowest BCUT2D eigenvalue weighted by molar-refractivity contribution is 0.600. The summed E-state index contributed by atoms with van der Waals surface area (Å²) >= 11 is 4.17. The fraction of sp³-hybridized carbons (Fsp3) is 0.333. The van der Waals surface area contributed by atoms with Crippen LogP contribution in [0.4, 0.5) is 0 Å². The van der Waals surface area contributed by atoms with Crippen molar-refractivity contribution in [1.82, 2.24) is 5.32 Å². The summed E-state index contributed by atoms with van der Waals surface area (Å²) < 4.78 is 1.28. The van der Waals surface area contributed by atoms with Crippen molar-refractivity contribution >= 4 is 33.9 Å². The predicted octanol–water partition coefficient (Wildman–Crippen LogP) is 4.75. The summed E-state index contributed by atoms with van der Waals surface area (Å²) in [6, 6.07) is 11.4. The molecule has 2 aromatic rings. The second-order valence-corrected chi connectivity index (χ2v) is 6.79. The number of aryl methyl sites for hydroxylation is 1. The molecule has 0 saturated carbocycles. The molecule has 1 atom stereocenters. The van der Waals surface area contributed by atoms with E-state index in [1.807, 2.05) is 11.3 Å². The summed E-state index contributed by atoms with van der Waals surface area (Å²) in [4.78, 5) is 1.37. The number of hydrogen-bond donors (Lipinski definition) is 1. The number of rotatable bonds is 5. The van der Waals surface area contributed by atoms with Crippen molar-refractivity contribution in [2.24, 2.45) is 0 Å². The van der Waals surface area contributed by atoms with Gasteiger partial charge < -0.3 is 5.32 Å². The Bertz CT molecular complexity index is 489. The average molecular weight is 371 g/mol. The van der Waals surface area contributed by atoms with Crippen LogP contribution in [0.15, 0.2) is 35.7 Å². The molecule has 18 heavy (non-hydrogen) atoms. The highest BCUT2D eigenvalue weighted by Gasteiger charge is 2.14. The van der Waals surface area contributed by atoms with Gasteiger partial charge in [-0.3, -0.25) is 0 Å². The molecule has 0 bridgehead atoms. The van der Waals surface area contributed by atoms with Gasteiger partial charge in [0.1, 0.15) is 0 Å². The maximum absolute atomic E-state index is 3.64. The molecule has 3 heteroatoms. The zero-order valence-electron chi connectivity index (χ0n) is 10.7. The average Bonchev–Trinajstić information content (AvgIpc) is 2.78. The molecule has 1 aromatic carbocycles. The molecule has 2 rings (SSSR count). The fourth-order valence-electron chi connectivity index (χ4n) is 1.99. The van der Waals surface area contributed by atoms with Gasteiger partial charge in [-0.2, -0.15) is 0 Å². The molecule has 0 radical (unpaired) electrons. The third-order valence-corrected chi connectivity index (χ3v) is 4.48. The van der Waals surface area contributed by atoms with E-state index in [2.05, 4.69) is 77.5 Å². The maximum Gasteiger partial charge on any atom is 0.0585 e. The van der Waals surface area contributed by atoms with Crippen LogP contribution in [0.3, 0.4) is 0 Å². The van der Waals surface area contributed by atoms with Crippen LogP contribution >= 0.6 is 33.9 Å². The van der Waals surface area contributed by atoms with Gasteiger partial charge in [0.05, 0.1) is 6.04 Å². The van der Waals surface area contributed by atoms with Crippen LogP contribution in [0.25, 0.3) is 0 Å². The smallest absolute Gasteiger partial charge is 0.0585 e. The van der Waals surface area contributed by atoms with Crippen molar-refractivity contribution in [2.45, 2.75) is 26.3 Å². The van der Waals surface area contributed by atoms with Gasteiger partial charge in [-0.05, 0) is 77.2 Å². The monoisotopic (exact) mass is 371 g/mol. The third-order valence-electron chi connectivity index (χ3n) is 2.89. The Hall–Kier alpha value is -0.390. The van der Waals surface area contributed by atoms with E-state index in [1.54, 1.807) is 0 Å². The van der Waals surface area contributed by atoms with Crippen molar-refractivity contribution in [3.63, 3.8) is 0 Å². The minimum absolute atomic E-state index is 0.326. The minimum Gasteiger partial charge on any atom is -0.306 e. The van der Waals surface area contributed by atoms with Crippen LogP contribution < -0.4 is 5.32 Å². The maximum atomic E-state index is 3.64. The summed E-state index contributed by atoms with van der Waals surface area (Å²) in [7, 11) is 0. The number of thiophene rings is 1. The first-order chi connectivity index (χ1) is 8.70. The molecular weight excluding hydrogens is 353 g/mol. The molecule has 1 heterocycles.